The molecule has 0 fully saturated rings. The van der Waals surface area contributed by atoms with Gasteiger partial charge in [-0.25, -0.2) is 9.13 Å². The maximum atomic E-state index is 13.1. The summed E-state index contributed by atoms with van der Waals surface area (Å²) in [5.41, 5.74) is 0. The maximum Gasteiger partial charge on any atom is 0.472 e. The minimum absolute atomic E-state index is 0.108. The van der Waals surface area contributed by atoms with Crippen molar-refractivity contribution >= 4 is 39.5 Å². The van der Waals surface area contributed by atoms with E-state index in [-0.39, 0.29) is 25.7 Å². The molecule has 0 aromatic carbocycles. The molecule has 0 rings (SSSR count). The first-order chi connectivity index (χ1) is 46.7. The number of hydrogen-bond donors (Lipinski definition) is 3. The standard InChI is InChI=1S/C77H150O17P2/c1-5-9-13-17-21-25-29-32-34-35-36-37-38-40-44-48-52-56-60-64-77(82)94-73(68-88-75(80)62-58-54-50-46-43-39-33-30-26-22-18-14-10-6-2)70-92-96(85,86)90-66-71(78)65-89-95(83,84)91-69-72(67-87-74(79)61-57-53-49-45-41-28-24-20-16-12-8-4)93-76(81)63-59-55-51-47-42-31-27-23-19-15-11-7-3/h71-73,78H,5-70H2,1-4H3,(H,83,84)(H,85,86)/t71-,72+,73+/m0/s1. The zero-order valence-electron chi connectivity index (χ0n) is 62.4. The average Bonchev–Trinajstić information content (AvgIpc) is 2.27. The summed E-state index contributed by atoms with van der Waals surface area (Å²) in [6, 6.07) is 0. The van der Waals surface area contributed by atoms with Gasteiger partial charge in [-0.3, -0.25) is 37.3 Å². The number of aliphatic hydroxyl groups excluding tert-OH is 1. The van der Waals surface area contributed by atoms with E-state index in [1.165, 1.54) is 244 Å². The zero-order valence-corrected chi connectivity index (χ0v) is 64.1. The van der Waals surface area contributed by atoms with Crippen LogP contribution in [0.5, 0.6) is 0 Å². The van der Waals surface area contributed by atoms with Gasteiger partial charge in [-0.1, -0.05) is 362 Å². The molecule has 2 unspecified atom stereocenters. The van der Waals surface area contributed by atoms with Crippen molar-refractivity contribution in [3.8, 4) is 0 Å². The monoisotopic (exact) mass is 1410 g/mol. The first-order valence-electron chi connectivity index (χ1n) is 40.3. The molecule has 0 saturated carbocycles. The van der Waals surface area contributed by atoms with Crippen LogP contribution >= 0.6 is 15.6 Å². The molecule has 0 aliphatic carbocycles. The third-order valence-electron chi connectivity index (χ3n) is 18.1. The molecule has 5 atom stereocenters. The lowest BCUT2D eigenvalue weighted by atomic mass is 10.0. The fourth-order valence-electron chi connectivity index (χ4n) is 11.9. The summed E-state index contributed by atoms with van der Waals surface area (Å²) in [5.74, 6) is -2.11. The van der Waals surface area contributed by atoms with Crippen molar-refractivity contribution in [2.75, 3.05) is 39.6 Å². The van der Waals surface area contributed by atoms with Crippen LogP contribution in [-0.2, 0) is 65.4 Å². The molecule has 0 aliphatic rings. The predicted molar refractivity (Wildman–Crippen MR) is 391 cm³/mol. The van der Waals surface area contributed by atoms with Gasteiger partial charge in [-0.05, 0) is 25.7 Å². The molecule has 0 radical (unpaired) electrons. The Morgan fingerprint density at radius 2 is 0.417 bits per heavy atom. The number of rotatable bonds is 78. The molecule has 0 saturated heterocycles. The van der Waals surface area contributed by atoms with E-state index in [1.807, 2.05) is 0 Å². The van der Waals surface area contributed by atoms with Crippen LogP contribution in [0.25, 0.3) is 0 Å². The van der Waals surface area contributed by atoms with Gasteiger partial charge < -0.3 is 33.8 Å². The third kappa shape index (κ3) is 70.5. The van der Waals surface area contributed by atoms with Crippen molar-refractivity contribution in [3.63, 3.8) is 0 Å². The molecule has 570 valence electrons. The molecular weight excluding hydrogens is 1260 g/mol. The molecule has 0 aliphatic heterocycles. The number of hydrogen-bond acceptors (Lipinski definition) is 15. The van der Waals surface area contributed by atoms with Crippen LogP contribution < -0.4 is 0 Å². The van der Waals surface area contributed by atoms with Crippen LogP contribution in [0.3, 0.4) is 0 Å². The van der Waals surface area contributed by atoms with Crippen molar-refractivity contribution in [1.29, 1.82) is 0 Å². The highest BCUT2D eigenvalue weighted by Gasteiger charge is 2.30. The number of aliphatic hydroxyl groups is 1. The van der Waals surface area contributed by atoms with Gasteiger partial charge in [0.1, 0.15) is 19.3 Å². The Bertz CT molecular complexity index is 1830. The summed E-state index contributed by atoms with van der Waals surface area (Å²) >= 11 is 0. The molecule has 3 N–H and O–H groups in total. The van der Waals surface area contributed by atoms with Crippen LogP contribution in [0.4, 0.5) is 0 Å². The minimum atomic E-state index is -4.96. The van der Waals surface area contributed by atoms with Crippen LogP contribution in [0.1, 0.15) is 413 Å². The molecule has 0 aromatic rings. The van der Waals surface area contributed by atoms with Crippen molar-refractivity contribution in [2.45, 2.75) is 431 Å². The lowest BCUT2D eigenvalue weighted by Gasteiger charge is -2.21. The van der Waals surface area contributed by atoms with Gasteiger partial charge in [0.25, 0.3) is 0 Å². The van der Waals surface area contributed by atoms with E-state index in [2.05, 4.69) is 27.7 Å². The second-order valence-corrected chi connectivity index (χ2v) is 30.7. The third-order valence-corrected chi connectivity index (χ3v) is 20.0. The number of esters is 4. The number of ether oxygens (including phenoxy) is 4. The Hall–Kier alpha value is -1.94. The van der Waals surface area contributed by atoms with E-state index < -0.39 is 97.5 Å². The van der Waals surface area contributed by atoms with Crippen molar-refractivity contribution < 1.29 is 80.2 Å². The number of carbonyl (C=O) groups excluding carboxylic acids is 4. The normalized spacial score (nSPS) is 13.9. The summed E-state index contributed by atoms with van der Waals surface area (Å²) in [6.07, 6.45) is 62.3. The van der Waals surface area contributed by atoms with Crippen molar-refractivity contribution in [2.24, 2.45) is 0 Å². The lowest BCUT2D eigenvalue weighted by Crippen LogP contribution is -2.30. The summed E-state index contributed by atoms with van der Waals surface area (Å²) < 4.78 is 68.6. The largest absolute Gasteiger partial charge is 0.472 e. The predicted octanol–water partition coefficient (Wildman–Crippen LogP) is 23.0. The topological polar surface area (TPSA) is 237 Å². The highest BCUT2D eigenvalue weighted by Crippen LogP contribution is 2.45. The van der Waals surface area contributed by atoms with Crippen LogP contribution in [0.2, 0.25) is 0 Å². The fourth-order valence-corrected chi connectivity index (χ4v) is 13.5. The van der Waals surface area contributed by atoms with E-state index in [0.717, 1.165) is 89.9 Å². The van der Waals surface area contributed by atoms with Crippen LogP contribution in [0.15, 0.2) is 0 Å². The van der Waals surface area contributed by atoms with E-state index in [4.69, 9.17) is 37.0 Å². The number of unbranched alkanes of at least 4 members (excludes halogenated alkanes) is 52. The number of carbonyl (C=O) groups is 4. The van der Waals surface area contributed by atoms with Crippen molar-refractivity contribution in [3.05, 3.63) is 0 Å². The molecule has 19 heteroatoms. The first-order valence-corrected chi connectivity index (χ1v) is 43.3. The molecule has 0 heterocycles. The highest BCUT2D eigenvalue weighted by molar-refractivity contribution is 7.47. The Kier molecular flexibility index (Phi) is 70.0. The van der Waals surface area contributed by atoms with Crippen LogP contribution in [0, 0.1) is 0 Å². The minimum Gasteiger partial charge on any atom is -0.462 e. The maximum absolute atomic E-state index is 13.1. The van der Waals surface area contributed by atoms with Gasteiger partial charge in [0.2, 0.25) is 0 Å². The van der Waals surface area contributed by atoms with E-state index in [0.29, 0.717) is 25.7 Å². The Morgan fingerprint density at radius 1 is 0.250 bits per heavy atom. The highest BCUT2D eigenvalue weighted by atomic mass is 31.2. The summed E-state index contributed by atoms with van der Waals surface area (Å²) in [6.45, 7) is 5.00. The molecule has 0 aromatic heterocycles. The van der Waals surface area contributed by atoms with Crippen molar-refractivity contribution in [1.82, 2.24) is 0 Å². The molecular formula is C77H150O17P2. The molecule has 96 heavy (non-hydrogen) atoms. The SMILES string of the molecule is CCCCCCCCCCCCCCCCCCCCCC(=O)O[C@H](COC(=O)CCCCCCCCCCCCCCCC)COP(=O)(O)OC[C@@H](O)COP(=O)(O)OC[C@@H](COC(=O)CCCCCCCCCCCCC)OC(=O)CCCCCCCCCCCCCC. The van der Waals surface area contributed by atoms with E-state index in [9.17, 15) is 43.2 Å². The molecule has 0 bridgehead atoms. The van der Waals surface area contributed by atoms with E-state index >= 15 is 0 Å². The van der Waals surface area contributed by atoms with Crippen LogP contribution in [-0.4, -0.2) is 96.7 Å². The fraction of sp³-hybridized carbons (Fsp3) is 0.948. The smallest absolute Gasteiger partial charge is 0.462 e. The quantitative estimate of drug-likeness (QED) is 0.0222. The Labute approximate surface area is 588 Å². The van der Waals surface area contributed by atoms with E-state index in [1.54, 1.807) is 0 Å². The molecule has 17 nitrogen and oxygen atoms in total. The second-order valence-electron chi connectivity index (χ2n) is 27.7. The lowest BCUT2D eigenvalue weighted by molar-refractivity contribution is -0.161. The van der Waals surface area contributed by atoms with Gasteiger partial charge in [-0.15, -0.1) is 0 Å². The first kappa shape index (κ1) is 94.1. The summed E-state index contributed by atoms with van der Waals surface area (Å²) in [4.78, 5) is 72.8. The van der Waals surface area contributed by atoms with Gasteiger partial charge in [-0.2, -0.15) is 0 Å². The molecule has 0 amide bonds. The number of phosphoric ester groups is 2. The van der Waals surface area contributed by atoms with Gasteiger partial charge in [0.15, 0.2) is 12.2 Å². The zero-order chi connectivity index (χ0) is 70.4. The van der Waals surface area contributed by atoms with Gasteiger partial charge in [0.05, 0.1) is 26.4 Å². The average molecular weight is 1410 g/mol. The van der Waals surface area contributed by atoms with Gasteiger partial charge in [0, 0.05) is 25.7 Å². The summed E-state index contributed by atoms with van der Waals surface area (Å²) in [5, 5.41) is 10.6. The molecule has 0 spiro atoms. The summed E-state index contributed by atoms with van der Waals surface area (Å²) in [7, 11) is -9.91. The van der Waals surface area contributed by atoms with Gasteiger partial charge >= 0.3 is 39.5 Å². The number of phosphoric acid groups is 2. The Balaban J connectivity index is 5.23. The Morgan fingerprint density at radius 3 is 0.615 bits per heavy atom. The second kappa shape index (κ2) is 71.5.